The summed E-state index contributed by atoms with van der Waals surface area (Å²) in [7, 11) is 0. The van der Waals surface area contributed by atoms with Crippen LogP contribution in [-0.2, 0) is 6.54 Å². The van der Waals surface area contributed by atoms with Crippen LogP contribution >= 0.6 is 0 Å². The number of likely N-dealkylation sites (tertiary alicyclic amines) is 1. The van der Waals surface area contributed by atoms with Crippen molar-refractivity contribution in [3.63, 3.8) is 0 Å². The van der Waals surface area contributed by atoms with E-state index in [-0.39, 0.29) is 0 Å². The smallest absolute Gasteiger partial charge is 0.0208 e. The van der Waals surface area contributed by atoms with Crippen LogP contribution in [0, 0.1) is 26.7 Å². The molecule has 0 atom stereocenters. The molecule has 1 fully saturated rings. The van der Waals surface area contributed by atoms with Crippen molar-refractivity contribution < 1.29 is 0 Å². The van der Waals surface area contributed by atoms with E-state index < -0.39 is 0 Å². The predicted molar refractivity (Wildman–Crippen MR) is 87.2 cm³/mol. The maximum absolute atomic E-state index is 3.61. The molecule has 0 bridgehead atoms. The van der Waals surface area contributed by atoms with Crippen LogP contribution in [0.5, 0.6) is 0 Å². The number of nitrogens with zero attached hydrogens (tertiary/aromatic N) is 1. The van der Waals surface area contributed by atoms with Crippen LogP contribution in [0.3, 0.4) is 0 Å². The van der Waals surface area contributed by atoms with Crippen molar-refractivity contribution in [2.75, 3.05) is 26.2 Å². The van der Waals surface area contributed by atoms with Gasteiger partial charge in [-0.05, 0) is 74.9 Å². The zero-order valence-electron chi connectivity index (χ0n) is 13.6. The number of rotatable bonds is 5. The maximum atomic E-state index is 3.61. The summed E-state index contributed by atoms with van der Waals surface area (Å²) in [5, 5.41) is 3.61. The van der Waals surface area contributed by atoms with Gasteiger partial charge in [-0.1, -0.05) is 19.1 Å². The minimum atomic E-state index is 0.928. The quantitative estimate of drug-likeness (QED) is 0.828. The molecule has 0 aromatic heterocycles. The molecule has 0 aliphatic carbocycles. The van der Waals surface area contributed by atoms with E-state index in [1.165, 1.54) is 54.7 Å². The number of hydrogen-bond donors (Lipinski definition) is 1. The number of hydrogen-bond acceptors (Lipinski definition) is 2. The Morgan fingerprint density at radius 2 is 1.70 bits per heavy atom. The molecule has 2 rings (SSSR count). The molecular formula is C18H30N2. The molecule has 20 heavy (non-hydrogen) atoms. The molecule has 0 spiro atoms. The summed E-state index contributed by atoms with van der Waals surface area (Å²) in [4.78, 5) is 2.60. The first kappa shape index (κ1) is 15.5. The van der Waals surface area contributed by atoms with Crippen LogP contribution in [0.15, 0.2) is 12.1 Å². The molecule has 0 unspecified atom stereocenters. The van der Waals surface area contributed by atoms with Gasteiger partial charge in [0.1, 0.15) is 0 Å². The molecule has 2 heteroatoms. The first-order valence-corrected chi connectivity index (χ1v) is 8.06. The Hall–Kier alpha value is -0.860. The molecule has 2 nitrogen and oxygen atoms in total. The lowest BCUT2D eigenvalue weighted by Crippen LogP contribution is -2.37. The number of piperidine rings is 1. The van der Waals surface area contributed by atoms with E-state index in [0.29, 0.717) is 0 Å². The van der Waals surface area contributed by atoms with Gasteiger partial charge >= 0.3 is 0 Å². The van der Waals surface area contributed by atoms with Gasteiger partial charge in [0, 0.05) is 19.6 Å². The summed E-state index contributed by atoms with van der Waals surface area (Å²) in [6.07, 6.45) is 2.74. The molecule has 1 aromatic carbocycles. The lowest BCUT2D eigenvalue weighted by atomic mass is 9.99. The molecule has 1 N–H and O–H groups in total. The van der Waals surface area contributed by atoms with Gasteiger partial charge < -0.3 is 10.2 Å². The van der Waals surface area contributed by atoms with Crippen molar-refractivity contribution >= 4 is 0 Å². The Kier molecular flexibility index (Phi) is 5.62. The van der Waals surface area contributed by atoms with E-state index >= 15 is 0 Å². The number of aryl methyl sites for hydroxylation is 3. The largest absolute Gasteiger partial charge is 0.311 e. The highest BCUT2D eigenvalue weighted by Crippen LogP contribution is 2.16. The van der Waals surface area contributed by atoms with Gasteiger partial charge in [0.25, 0.3) is 0 Å². The van der Waals surface area contributed by atoms with Gasteiger partial charge in [-0.3, -0.25) is 0 Å². The third-order valence-electron chi connectivity index (χ3n) is 4.75. The van der Waals surface area contributed by atoms with E-state index in [4.69, 9.17) is 0 Å². The third kappa shape index (κ3) is 4.32. The minimum absolute atomic E-state index is 0.928. The fourth-order valence-corrected chi connectivity index (χ4v) is 2.96. The molecule has 1 saturated heterocycles. The van der Waals surface area contributed by atoms with Gasteiger partial charge in [-0.15, -0.1) is 0 Å². The zero-order chi connectivity index (χ0) is 14.5. The van der Waals surface area contributed by atoms with Gasteiger partial charge in [0.05, 0.1) is 0 Å². The first-order chi connectivity index (χ1) is 9.56. The molecular weight excluding hydrogens is 244 g/mol. The van der Waals surface area contributed by atoms with E-state index in [0.717, 1.165) is 19.0 Å². The topological polar surface area (TPSA) is 15.3 Å². The molecule has 1 aliphatic heterocycles. The summed E-state index contributed by atoms with van der Waals surface area (Å²) >= 11 is 0. The Bertz CT molecular complexity index is 431. The second-order valence-corrected chi connectivity index (χ2v) is 6.56. The van der Waals surface area contributed by atoms with Gasteiger partial charge in [0.15, 0.2) is 0 Å². The molecule has 1 heterocycles. The van der Waals surface area contributed by atoms with Gasteiger partial charge in [-0.2, -0.15) is 0 Å². The lowest BCUT2D eigenvalue weighted by molar-refractivity contribution is 0.193. The zero-order valence-corrected chi connectivity index (χ0v) is 13.6. The Morgan fingerprint density at radius 1 is 1.05 bits per heavy atom. The number of benzene rings is 1. The standard InChI is InChI=1S/C18H30N2/c1-14-5-8-20(9-6-14)10-7-19-13-18-12-16(3)15(2)11-17(18)4/h11-12,14,19H,5-10,13H2,1-4H3. The fourth-order valence-electron chi connectivity index (χ4n) is 2.96. The summed E-state index contributed by atoms with van der Waals surface area (Å²) in [6.45, 7) is 14.8. The predicted octanol–water partition coefficient (Wildman–Crippen LogP) is 3.43. The van der Waals surface area contributed by atoms with Gasteiger partial charge in [-0.25, -0.2) is 0 Å². The molecule has 0 radical (unpaired) electrons. The maximum Gasteiger partial charge on any atom is 0.0208 e. The highest BCUT2D eigenvalue weighted by molar-refractivity contribution is 5.36. The van der Waals surface area contributed by atoms with E-state index in [1.54, 1.807) is 0 Å². The second-order valence-electron chi connectivity index (χ2n) is 6.56. The van der Waals surface area contributed by atoms with E-state index in [9.17, 15) is 0 Å². The Balaban J connectivity index is 1.72. The average Bonchev–Trinajstić information content (AvgIpc) is 2.42. The van der Waals surface area contributed by atoms with Crippen molar-refractivity contribution in [3.8, 4) is 0 Å². The lowest BCUT2D eigenvalue weighted by Gasteiger charge is -2.30. The Labute approximate surface area is 124 Å². The van der Waals surface area contributed by atoms with Crippen molar-refractivity contribution in [3.05, 3.63) is 34.4 Å². The number of nitrogens with one attached hydrogen (secondary N) is 1. The fraction of sp³-hybridized carbons (Fsp3) is 0.667. The molecule has 112 valence electrons. The van der Waals surface area contributed by atoms with E-state index in [1.807, 2.05) is 0 Å². The third-order valence-corrected chi connectivity index (χ3v) is 4.75. The highest BCUT2D eigenvalue weighted by Gasteiger charge is 2.14. The van der Waals surface area contributed by atoms with Crippen LogP contribution in [0.4, 0.5) is 0 Å². The van der Waals surface area contributed by atoms with Crippen molar-refractivity contribution in [1.29, 1.82) is 0 Å². The normalized spacial score (nSPS) is 17.6. The molecule has 0 saturated carbocycles. The molecule has 1 aliphatic rings. The van der Waals surface area contributed by atoms with Crippen molar-refractivity contribution in [1.82, 2.24) is 10.2 Å². The minimum Gasteiger partial charge on any atom is -0.311 e. The average molecular weight is 274 g/mol. The second kappa shape index (κ2) is 7.24. The summed E-state index contributed by atoms with van der Waals surface area (Å²) < 4.78 is 0. The summed E-state index contributed by atoms with van der Waals surface area (Å²) in [5.74, 6) is 0.928. The molecule has 1 aromatic rings. The van der Waals surface area contributed by atoms with Crippen molar-refractivity contribution in [2.24, 2.45) is 5.92 Å². The summed E-state index contributed by atoms with van der Waals surface area (Å²) in [5.41, 5.74) is 5.65. The highest BCUT2D eigenvalue weighted by atomic mass is 15.1. The van der Waals surface area contributed by atoms with Crippen LogP contribution in [-0.4, -0.2) is 31.1 Å². The Morgan fingerprint density at radius 3 is 2.40 bits per heavy atom. The van der Waals surface area contributed by atoms with Crippen LogP contribution in [0.1, 0.15) is 42.0 Å². The summed E-state index contributed by atoms with van der Waals surface area (Å²) in [6, 6.07) is 4.64. The van der Waals surface area contributed by atoms with Crippen LogP contribution in [0.25, 0.3) is 0 Å². The van der Waals surface area contributed by atoms with E-state index in [2.05, 4.69) is 50.0 Å². The monoisotopic (exact) mass is 274 g/mol. The molecule has 0 amide bonds. The van der Waals surface area contributed by atoms with Gasteiger partial charge in [0.2, 0.25) is 0 Å². The van der Waals surface area contributed by atoms with Crippen LogP contribution in [0.2, 0.25) is 0 Å². The van der Waals surface area contributed by atoms with Crippen molar-refractivity contribution in [2.45, 2.75) is 47.1 Å². The van der Waals surface area contributed by atoms with Crippen LogP contribution < -0.4 is 5.32 Å². The SMILES string of the molecule is Cc1cc(C)c(CNCCN2CCC(C)CC2)cc1C. The first-order valence-electron chi connectivity index (χ1n) is 8.06.